The SMILES string of the molecule is Cn1cc(-n2ncc3ccc(OC4CCCc5cc(C#N)ccc54)nc32)cn1. The van der Waals surface area contributed by atoms with Crippen LogP contribution in [0.2, 0.25) is 0 Å². The third-order valence-corrected chi connectivity index (χ3v) is 5.12. The number of ether oxygens (including phenoxy) is 1. The van der Waals surface area contributed by atoms with E-state index in [-0.39, 0.29) is 6.10 Å². The molecule has 0 saturated heterocycles. The largest absolute Gasteiger partial charge is 0.469 e. The zero-order valence-electron chi connectivity index (χ0n) is 15.4. The van der Waals surface area contributed by atoms with Gasteiger partial charge in [-0.05, 0) is 48.6 Å². The van der Waals surface area contributed by atoms with Crippen LogP contribution in [-0.4, -0.2) is 24.5 Å². The van der Waals surface area contributed by atoms with Gasteiger partial charge in [0.05, 0.1) is 30.2 Å². The van der Waals surface area contributed by atoms with Crippen LogP contribution in [-0.2, 0) is 13.5 Å². The maximum atomic E-state index is 9.14. The van der Waals surface area contributed by atoms with Gasteiger partial charge in [0.15, 0.2) is 5.65 Å². The second kappa shape index (κ2) is 6.50. The van der Waals surface area contributed by atoms with Crippen molar-refractivity contribution in [2.24, 2.45) is 7.05 Å². The predicted octanol–water partition coefficient (Wildman–Crippen LogP) is 3.48. The van der Waals surface area contributed by atoms with Gasteiger partial charge in [0.1, 0.15) is 11.8 Å². The van der Waals surface area contributed by atoms with Gasteiger partial charge in [-0.1, -0.05) is 6.07 Å². The van der Waals surface area contributed by atoms with Crippen LogP contribution in [0, 0.1) is 11.3 Å². The van der Waals surface area contributed by atoms with Crippen LogP contribution < -0.4 is 4.74 Å². The fraction of sp³-hybridized carbons (Fsp3) is 0.238. The monoisotopic (exact) mass is 370 g/mol. The molecule has 1 unspecified atom stereocenters. The molecule has 0 spiro atoms. The molecule has 5 rings (SSSR count). The number of hydrogen-bond donors (Lipinski definition) is 0. The molecule has 0 aliphatic heterocycles. The summed E-state index contributed by atoms with van der Waals surface area (Å²) < 4.78 is 9.77. The number of pyridine rings is 1. The summed E-state index contributed by atoms with van der Waals surface area (Å²) in [7, 11) is 1.87. The lowest BCUT2D eigenvalue weighted by atomic mass is 9.88. The lowest BCUT2D eigenvalue weighted by Crippen LogP contribution is -2.16. The second-order valence-electron chi connectivity index (χ2n) is 7.02. The number of benzene rings is 1. The molecule has 3 heterocycles. The molecular weight excluding hydrogens is 352 g/mol. The zero-order chi connectivity index (χ0) is 19.1. The predicted molar refractivity (Wildman–Crippen MR) is 103 cm³/mol. The van der Waals surface area contributed by atoms with Crippen molar-refractivity contribution >= 4 is 11.0 Å². The Morgan fingerprint density at radius 3 is 2.93 bits per heavy atom. The third-order valence-electron chi connectivity index (χ3n) is 5.12. The molecule has 0 saturated carbocycles. The van der Waals surface area contributed by atoms with Crippen molar-refractivity contribution in [1.82, 2.24) is 24.5 Å². The molecular formula is C21H18N6O. The average Bonchev–Trinajstić information content (AvgIpc) is 3.33. The number of aryl methyl sites for hydroxylation is 2. The van der Waals surface area contributed by atoms with Crippen LogP contribution in [0.25, 0.3) is 16.7 Å². The van der Waals surface area contributed by atoms with E-state index in [4.69, 9.17) is 15.0 Å². The van der Waals surface area contributed by atoms with E-state index in [1.807, 2.05) is 43.6 Å². The van der Waals surface area contributed by atoms with Gasteiger partial charge >= 0.3 is 0 Å². The van der Waals surface area contributed by atoms with E-state index in [0.717, 1.165) is 41.5 Å². The Bertz CT molecular complexity index is 1220. The summed E-state index contributed by atoms with van der Waals surface area (Å²) in [4.78, 5) is 4.71. The molecule has 28 heavy (non-hydrogen) atoms. The van der Waals surface area contributed by atoms with Crippen LogP contribution >= 0.6 is 0 Å². The Balaban J connectivity index is 1.49. The molecule has 4 aromatic rings. The fourth-order valence-electron chi connectivity index (χ4n) is 3.77. The van der Waals surface area contributed by atoms with Gasteiger partial charge in [0.2, 0.25) is 5.88 Å². The van der Waals surface area contributed by atoms with Crippen LogP contribution in [0.3, 0.4) is 0 Å². The number of nitriles is 1. The summed E-state index contributed by atoms with van der Waals surface area (Å²) in [6, 6.07) is 11.9. The lowest BCUT2D eigenvalue weighted by Gasteiger charge is -2.26. The molecule has 1 aromatic carbocycles. The Kier molecular flexibility index (Phi) is 3.83. The summed E-state index contributed by atoms with van der Waals surface area (Å²) in [5.74, 6) is 0.570. The van der Waals surface area contributed by atoms with Crippen LogP contribution in [0.4, 0.5) is 0 Å². The number of hydrogen-bond acceptors (Lipinski definition) is 5. The molecule has 0 radical (unpaired) electrons. The maximum Gasteiger partial charge on any atom is 0.215 e. The van der Waals surface area contributed by atoms with Crippen molar-refractivity contribution in [2.75, 3.05) is 0 Å². The Morgan fingerprint density at radius 1 is 1.18 bits per heavy atom. The molecule has 0 N–H and O–H groups in total. The summed E-state index contributed by atoms with van der Waals surface area (Å²) in [6.07, 6.45) is 8.32. The number of aromatic nitrogens is 5. The minimum atomic E-state index is -0.0591. The summed E-state index contributed by atoms with van der Waals surface area (Å²) >= 11 is 0. The standard InChI is InChI=1S/C21H18N6O/c1-26-13-17(12-23-26)27-21-16(11-24-27)6-8-20(25-21)28-19-4-2-3-15-9-14(10-22)5-7-18(15)19/h5-9,11-13,19H,2-4H2,1H3. The number of nitrogens with zero attached hydrogens (tertiary/aromatic N) is 6. The van der Waals surface area contributed by atoms with E-state index in [1.54, 1.807) is 21.8 Å². The first-order chi connectivity index (χ1) is 13.7. The van der Waals surface area contributed by atoms with Crippen LogP contribution in [0.1, 0.15) is 35.6 Å². The van der Waals surface area contributed by atoms with Gasteiger partial charge in [-0.2, -0.15) is 20.4 Å². The number of rotatable bonds is 3. The van der Waals surface area contributed by atoms with Crippen molar-refractivity contribution in [3.63, 3.8) is 0 Å². The highest BCUT2D eigenvalue weighted by Gasteiger charge is 2.23. The van der Waals surface area contributed by atoms with Gasteiger partial charge < -0.3 is 4.74 Å². The number of fused-ring (bicyclic) bond motifs is 2. The molecule has 1 aliphatic carbocycles. The molecule has 0 amide bonds. The molecule has 0 bridgehead atoms. The van der Waals surface area contributed by atoms with Gasteiger partial charge in [-0.15, -0.1) is 0 Å². The van der Waals surface area contributed by atoms with Crippen LogP contribution in [0.5, 0.6) is 5.88 Å². The fourth-order valence-corrected chi connectivity index (χ4v) is 3.77. The van der Waals surface area contributed by atoms with E-state index in [9.17, 15) is 0 Å². The Morgan fingerprint density at radius 2 is 2.11 bits per heavy atom. The van der Waals surface area contributed by atoms with E-state index in [1.165, 1.54) is 5.56 Å². The average molecular weight is 370 g/mol. The van der Waals surface area contributed by atoms with Crippen molar-refractivity contribution < 1.29 is 4.74 Å². The van der Waals surface area contributed by atoms with Gasteiger partial charge in [-0.3, -0.25) is 4.68 Å². The summed E-state index contributed by atoms with van der Waals surface area (Å²) in [5.41, 5.74) is 4.62. The van der Waals surface area contributed by atoms with E-state index < -0.39 is 0 Å². The first-order valence-corrected chi connectivity index (χ1v) is 9.24. The van der Waals surface area contributed by atoms with E-state index in [2.05, 4.69) is 16.3 Å². The quantitative estimate of drug-likeness (QED) is 0.551. The second-order valence-corrected chi connectivity index (χ2v) is 7.02. The van der Waals surface area contributed by atoms with Crippen molar-refractivity contribution in [3.8, 4) is 17.6 Å². The van der Waals surface area contributed by atoms with Crippen LogP contribution in [0.15, 0.2) is 48.9 Å². The first-order valence-electron chi connectivity index (χ1n) is 9.24. The van der Waals surface area contributed by atoms with Gasteiger partial charge in [0.25, 0.3) is 0 Å². The first kappa shape index (κ1) is 16.5. The minimum Gasteiger partial charge on any atom is -0.469 e. The topological polar surface area (TPSA) is 81.5 Å². The molecule has 0 fully saturated rings. The Labute approximate surface area is 161 Å². The van der Waals surface area contributed by atoms with Crippen molar-refractivity contribution in [2.45, 2.75) is 25.4 Å². The zero-order valence-corrected chi connectivity index (χ0v) is 15.4. The van der Waals surface area contributed by atoms with Crippen molar-refractivity contribution in [1.29, 1.82) is 5.26 Å². The van der Waals surface area contributed by atoms with E-state index in [0.29, 0.717) is 11.4 Å². The lowest BCUT2D eigenvalue weighted by molar-refractivity contribution is 0.176. The van der Waals surface area contributed by atoms with Crippen molar-refractivity contribution in [3.05, 3.63) is 65.6 Å². The maximum absolute atomic E-state index is 9.14. The highest BCUT2D eigenvalue weighted by Crippen LogP contribution is 2.34. The summed E-state index contributed by atoms with van der Waals surface area (Å²) in [6.45, 7) is 0. The highest BCUT2D eigenvalue weighted by atomic mass is 16.5. The van der Waals surface area contributed by atoms with Gasteiger partial charge in [-0.25, -0.2) is 4.68 Å². The molecule has 7 heteroatoms. The normalized spacial score (nSPS) is 15.9. The van der Waals surface area contributed by atoms with Gasteiger partial charge in [0, 0.05) is 18.5 Å². The smallest absolute Gasteiger partial charge is 0.215 e. The molecule has 3 aromatic heterocycles. The Hall–Kier alpha value is -3.66. The minimum absolute atomic E-state index is 0.0591. The molecule has 1 aliphatic rings. The van der Waals surface area contributed by atoms with E-state index >= 15 is 0 Å². The molecule has 138 valence electrons. The summed E-state index contributed by atoms with van der Waals surface area (Å²) in [5, 5.41) is 18.7. The highest BCUT2D eigenvalue weighted by molar-refractivity contribution is 5.76. The molecule has 7 nitrogen and oxygen atoms in total. The molecule has 1 atom stereocenters. The third kappa shape index (κ3) is 2.79.